The van der Waals surface area contributed by atoms with Gasteiger partial charge in [0.2, 0.25) is 15.9 Å². The van der Waals surface area contributed by atoms with Crippen LogP contribution in [0.3, 0.4) is 0 Å². The van der Waals surface area contributed by atoms with Gasteiger partial charge in [0, 0.05) is 19.0 Å². The molecule has 1 fully saturated rings. The first-order chi connectivity index (χ1) is 14.3. The molecule has 4 rings (SSSR count). The zero-order valence-corrected chi connectivity index (χ0v) is 18.0. The summed E-state index contributed by atoms with van der Waals surface area (Å²) >= 11 is 0. The van der Waals surface area contributed by atoms with Crippen molar-refractivity contribution < 1.29 is 17.6 Å². The number of hydrogen-bond acceptors (Lipinski definition) is 3. The molecule has 5 nitrogen and oxygen atoms in total. The van der Waals surface area contributed by atoms with E-state index in [1.807, 2.05) is 19.1 Å². The number of rotatable bonds is 4. The molecule has 0 spiro atoms. The lowest BCUT2D eigenvalue weighted by Gasteiger charge is -2.31. The second-order valence-corrected chi connectivity index (χ2v) is 10.2. The van der Waals surface area contributed by atoms with Gasteiger partial charge in [-0.2, -0.15) is 4.31 Å². The molecule has 0 radical (unpaired) electrons. The summed E-state index contributed by atoms with van der Waals surface area (Å²) in [5.41, 5.74) is 3.41. The summed E-state index contributed by atoms with van der Waals surface area (Å²) in [4.78, 5) is 12.9. The molecule has 2 aromatic rings. The molecule has 0 aromatic heterocycles. The Morgan fingerprint density at radius 2 is 1.73 bits per heavy atom. The number of aryl methyl sites for hydroxylation is 3. The summed E-state index contributed by atoms with van der Waals surface area (Å²) < 4.78 is 41.6. The second kappa shape index (κ2) is 8.47. The molecular formula is C23H27FN2O3S. The van der Waals surface area contributed by atoms with Gasteiger partial charge >= 0.3 is 0 Å². The molecule has 0 unspecified atom stereocenters. The monoisotopic (exact) mass is 430 g/mol. The van der Waals surface area contributed by atoms with E-state index < -0.39 is 15.8 Å². The number of nitrogens with one attached hydrogen (secondary N) is 1. The number of carbonyl (C=O) groups excluding carboxylic acids is 1. The Balaban J connectivity index is 1.41. The Labute approximate surface area is 177 Å². The molecule has 2 aromatic carbocycles. The minimum absolute atomic E-state index is 0.170. The van der Waals surface area contributed by atoms with E-state index in [1.165, 1.54) is 15.9 Å². The predicted molar refractivity (Wildman–Crippen MR) is 114 cm³/mol. The van der Waals surface area contributed by atoms with E-state index in [-0.39, 0.29) is 30.6 Å². The fourth-order valence-corrected chi connectivity index (χ4v) is 5.87. The normalized spacial score (nSPS) is 18.1. The number of nitrogens with zero attached hydrogens (tertiary/aromatic N) is 1. The van der Waals surface area contributed by atoms with Crippen molar-refractivity contribution in [3.05, 3.63) is 58.9 Å². The van der Waals surface area contributed by atoms with E-state index in [0.29, 0.717) is 17.7 Å². The first kappa shape index (κ1) is 21.0. The summed E-state index contributed by atoms with van der Waals surface area (Å²) in [6.07, 6.45) is 5.03. The molecule has 30 heavy (non-hydrogen) atoms. The Morgan fingerprint density at radius 3 is 2.47 bits per heavy atom. The summed E-state index contributed by atoms with van der Waals surface area (Å²) in [7, 11) is -3.57. The molecule has 0 bridgehead atoms. The van der Waals surface area contributed by atoms with Crippen molar-refractivity contribution in [1.29, 1.82) is 0 Å². The first-order valence-electron chi connectivity index (χ1n) is 10.5. The topological polar surface area (TPSA) is 66.5 Å². The van der Waals surface area contributed by atoms with E-state index in [9.17, 15) is 17.6 Å². The number of piperidine rings is 1. The lowest BCUT2D eigenvalue weighted by molar-refractivity contribution is -0.120. The average Bonchev–Trinajstić information content (AvgIpc) is 2.76. The van der Waals surface area contributed by atoms with Gasteiger partial charge < -0.3 is 5.32 Å². The van der Waals surface area contributed by atoms with Crippen LogP contribution in [0.5, 0.6) is 0 Å². The first-order valence-corrected chi connectivity index (χ1v) is 12.0. The molecule has 1 amide bonds. The van der Waals surface area contributed by atoms with Gasteiger partial charge in [0.15, 0.2) is 0 Å². The third kappa shape index (κ3) is 4.27. The van der Waals surface area contributed by atoms with Crippen LogP contribution in [0, 0.1) is 18.7 Å². The Kier molecular flexibility index (Phi) is 5.93. The number of benzene rings is 2. The fourth-order valence-electron chi connectivity index (χ4n) is 4.35. The maximum absolute atomic E-state index is 13.9. The maximum atomic E-state index is 13.9. The van der Waals surface area contributed by atoms with E-state index in [4.69, 9.17) is 0 Å². The molecule has 160 valence electrons. The van der Waals surface area contributed by atoms with Gasteiger partial charge in [-0.3, -0.25) is 4.79 Å². The fraction of sp³-hybridized carbons (Fsp3) is 0.435. The third-order valence-electron chi connectivity index (χ3n) is 6.16. The molecule has 1 N–H and O–H groups in total. The van der Waals surface area contributed by atoms with E-state index >= 15 is 0 Å². The van der Waals surface area contributed by atoms with Crippen LogP contribution in [0.2, 0.25) is 0 Å². The van der Waals surface area contributed by atoms with Crippen molar-refractivity contribution in [2.75, 3.05) is 18.4 Å². The van der Waals surface area contributed by atoms with Crippen molar-refractivity contribution in [2.24, 2.45) is 5.92 Å². The highest BCUT2D eigenvalue weighted by molar-refractivity contribution is 7.89. The van der Waals surface area contributed by atoms with Crippen LogP contribution in [0.25, 0.3) is 0 Å². The Bertz CT molecular complexity index is 1060. The van der Waals surface area contributed by atoms with E-state index in [2.05, 4.69) is 5.32 Å². The number of fused-ring (bicyclic) bond motifs is 1. The number of carbonyl (C=O) groups is 1. The zero-order valence-electron chi connectivity index (χ0n) is 17.2. The highest BCUT2D eigenvalue weighted by atomic mass is 32.2. The van der Waals surface area contributed by atoms with Gasteiger partial charge in [0.05, 0.1) is 10.6 Å². The van der Waals surface area contributed by atoms with Crippen LogP contribution in [-0.2, 0) is 27.7 Å². The molecule has 0 atom stereocenters. The molecule has 1 heterocycles. The molecule has 2 aliphatic rings. The smallest absolute Gasteiger partial charge is 0.243 e. The van der Waals surface area contributed by atoms with Gasteiger partial charge in [0.1, 0.15) is 5.82 Å². The van der Waals surface area contributed by atoms with Crippen molar-refractivity contribution in [2.45, 2.75) is 50.3 Å². The minimum Gasteiger partial charge on any atom is -0.323 e. The van der Waals surface area contributed by atoms with Gasteiger partial charge in [-0.05, 0) is 86.4 Å². The zero-order chi connectivity index (χ0) is 21.3. The van der Waals surface area contributed by atoms with Gasteiger partial charge in [-0.15, -0.1) is 0 Å². The highest BCUT2D eigenvalue weighted by Gasteiger charge is 2.32. The van der Waals surface area contributed by atoms with Gasteiger partial charge in [-0.25, -0.2) is 12.8 Å². The lowest BCUT2D eigenvalue weighted by Crippen LogP contribution is -2.41. The summed E-state index contributed by atoms with van der Waals surface area (Å²) in [6.45, 7) is 2.40. The molecule has 7 heteroatoms. The summed E-state index contributed by atoms with van der Waals surface area (Å²) in [6, 6.07) is 10.1. The molecule has 1 aliphatic carbocycles. The lowest BCUT2D eigenvalue weighted by atomic mass is 9.92. The van der Waals surface area contributed by atoms with Crippen LogP contribution in [0.1, 0.15) is 42.4 Å². The van der Waals surface area contributed by atoms with Crippen LogP contribution in [0.15, 0.2) is 41.3 Å². The molecule has 1 saturated heterocycles. The average molecular weight is 431 g/mol. The predicted octanol–water partition coefficient (Wildman–Crippen LogP) is 4.05. The Hall–Kier alpha value is -2.25. The van der Waals surface area contributed by atoms with E-state index in [1.54, 1.807) is 18.2 Å². The van der Waals surface area contributed by atoms with Crippen molar-refractivity contribution in [1.82, 2.24) is 4.31 Å². The van der Waals surface area contributed by atoms with Crippen LogP contribution >= 0.6 is 0 Å². The maximum Gasteiger partial charge on any atom is 0.243 e. The SMILES string of the molecule is Cc1ccc(F)c(NC(=O)C2CCN(S(=O)(=O)c3ccc4c(c3)CCCC4)CC2)c1. The highest BCUT2D eigenvalue weighted by Crippen LogP contribution is 2.29. The number of amides is 1. The third-order valence-corrected chi connectivity index (χ3v) is 8.06. The summed E-state index contributed by atoms with van der Waals surface area (Å²) in [5.74, 6) is -1.06. The standard InChI is InChI=1S/C23H27FN2O3S/c1-16-6-9-21(24)22(14-16)25-23(27)18-10-12-26(13-11-18)30(28,29)20-8-7-17-4-2-3-5-19(17)15-20/h6-9,14-15,18H,2-5,10-13H2,1H3,(H,25,27). The molecule has 0 saturated carbocycles. The van der Waals surface area contributed by atoms with Crippen LogP contribution in [-0.4, -0.2) is 31.7 Å². The second-order valence-electron chi connectivity index (χ2n) is 8.29. The number of anilines is 1. The largest absolute Gasteiger partial charge is 0.323 e. The quantitative estimate of drug-likeness (QED) is 0.796. The van der Waals surface area contributed by atoms with Crippen molar-refractivity contribution in [3.8, 4) is 0 Å². The van der Waals surface area contributed by atoms with Crippen LogP contribution < -0.4 is 5.32 Å². The van der Waals surface area contributed by atoms with Crippen molar-refractivity contribution >= 4 is 21.6 Å². The Morgan fingerprint density at radius 1 is 1.03 bits per heavy atom. The van der Waals surface area contributed by atoms with Crippen molar-refractivity contribution in [3.63, 3.8) is 0 Å². The molecule has 1 aliphatic heterocycles. The van der Waals surface area contributed by atoms with E-state index in [0.717, 1.165) is 36.8 Å². The number of sulfonamides is 1. The number of hydrogen-bond donors (Lipinski definition) is 1. The van der Waals surface area contributed by atoms with Gasteiger partial charge in [-0.1, -0.05) is 12.1 Å². The molecular weight excluding hydrogens is 403 g/mol. The van der Waals surface area contributed by atoms with Crippen LogP contribution in [0.4, 0.5) is 10.1 Å². The summed E-state index contributed by atoms with van der Waals surface area (Å²) in [5, 5.41) is 2.66. The number of halogens is 1. The minimum atomic E-state index is -3.57. The van der Waals surface area contributed by atoms with Gasteiger partial charge in [0.25, 0.3) is 0 Å².